The van der Waals surface area contributed by atoms with E-state index in [9.17, 15) is 0 Å². The minimum Gasteiger partial charge on any atom is -0.127 e. The second kappa shape index (κ2) is 3.13. The molecule has 1 rings (SSSR count). The standard InChI is InChI=1S/C7H11Cl/c8-6-2-1-3-7-4-5-7/h3H,1-2,4-6H2. The molecule has 0 heterocycles. The zero-order valence-corrected chi connectivity index (χ0v) is 5.75. The van der Waals surface area contributed by atoms with Crippen LogP contribution in [-0.4, -0.2) is 5.88 Å². The maximum Gasteiger partial charge on any atom is 0.0226 e. The SMILES string of the molecule is ClCCCC=C1CC1. The van der Waals surface area contributed by atoms with Crippen molar-refractivity contribution in [2.75, 3.05) is 5.88 Å². The summed E-state index contributed by atoms with van der Waals surface area (Å²) in [6.45, 7) is 0. The van der Waals surface area contributed by atoms with Gasteiger partial charge in [0.15, 0.2) is 0 Å². The van der Waals surface area contributed by atoms with Gasteiger partial charge in [-0.1, -0.05) is 11.6 Å². The first-order valence-corrected chi connectivity index (χ1v) is 3.71. The van der Waals surface area contributed by atoms with Gasteiger partial charge in [-0.2, -0.15) is 0 Å². The molecular weight excluding hydrogens is 120 g/mol. The van der Waals surface area contributed by atoms with Crippen molar-refractivity contribution >= 4 is 11.6 Å². The first-order chi connectivity index (χ1) is 3.93. The van der Waals surface area contributed by atoms with Crippen LogP contribution in [0.15, 0.2) is 11.6 Å². The number of allylic oxidation sites excluding steroid dienone is 2. The lowest BCUT2D eigenvalue weighted by Gasteiger charge is -1.83. The Labute approximate surface area is 55.5 Å². The molecule has 0 aromatic heterocycles. The highest BCUT2D eigenvalue weighted by molar-refractivity contribution is 6.17. The molecule has 1 aliphatic carbocycles. The number of hydrogen-bond donors (Lipinski definition) is 0. The number of halogens is 1. The molecule has 0 saturated heterocycles. The van der Waals surface area contributed by atoms with Crippen LogP contribution >= 0.6 is 11.6 Å². The molecule has 0 amide bonds. The summed E-state index contributed by atoms with van der Waals surface area (Å²) < 4.78 is 0. The number of rotatable bonds is 3. The highest BCUT2D eigenvalue weighted by Gasteiger charge is 2.08. The lowest BCUT2D eigenvalue weighted by Crippen LogP contribution is -1.69. The van der Waals surface area contributed by atoms with Gasteiger partial charge in [-0.05, 0) is 25.7 Å². The van der Waals surface area contributed by atoms with Gasteiger partial charge in [0.1, 0.15) is 0 Å². The molecule has 0 bridgehead atoms. The zero-order chi connectivity index (χ0) is 5.82. The van der Waals surface area contributed by atoms with Crippen molar-refractivity contribution in [1.82, 2.24) is 0 Å². The summed E-state index contributed by atoms with van der Waals surface area (Å²) in [5.74, 6) is 0.809. The van der Waals surface area contributed by atoms with E-state index in [1.165, 1.54) is 19.3 Å². The van der Waals surface area contributed by atoms with Gasteiger partial charge in [0.25, 0.3) is 0 Å². The average Bonchev–Trinajstić information content (AvgIpc) is 2.51. The van der Waals surface area contributed by atoms with Crippen LogP contribution in [-0.2, 0) is 0 Å². The monoisotopic (exact) mass is 130 g/mol. The second-order valence-corrected chi connectivity index (χ2v) is 2.57. The summed E-state index contributed by atoms with van der Waals surface area (Å²) in [6.07, 6.45) is 7.36. The fraction of sp³-hybridized carbons (Fsp3) is 0.714. The average molecular weight is 131 g/mol. The van der Waals surface area contributed by atoms with Gasteiger partial charge >= 0.3 is 0 Å². The van der Waals surface area contributed by atoms with Crippen molar-refractivity contribution in [2.45, 2.75) is 25.7 Å². The maximum absolute atomic E-state index is 5.48. The normalized spacial score (nSPS) is 16.4. The van der Waals surface area contributed by atoms with E-state index in [2.05, 4.69) is 6.08 Å². The van der Waals surface area contributed by atoms with Crippen LogP contribution < -0.4 is 0 Å². The highest BCUT2D eigenvalue weighted by atomic mass is 35.5. The van der Waals surface area contributed by atoms with Crippen LogP contribution in [0, 0.1) is 0 Å². The number of unbranched alkanes of at least 4 members (excludes halogenated alkanes) is 1. The third-order valence-corrected chi connectivity index (χ3v) is 1.58. The van der Waals surface area contributed by atoms with Crippen molar-refractivity contribution in [3.05, 3.63) is 11.6 Å². The molecule has 0 radical (unpaired) electrons. The van der Waals surface area contributed by atoms with Gasteiger partial charge < -0.3 is 0 Å². The van der Waals surface area contributed by atoms with Crippen molar-refractivity contribution in [1.29, 1.82) is 0 Å². The molecule has 0 nitrogen and oxygen atoms in total. The third kappa shape index (κ3) is 2.37. The first-order valence-electron chi connectivity index (χ1n) is 3.17. The van der Waals surface area contributed by atoms with Crippen molar-refractivity contribution in [3.63, 3.8) is 0 Å². The van der Waals surface area contributed by atoms with Gasteiger partial charge in [0, 0.05) is 5.88 Å². The molecule has 0 unspecified atom stereocenters. The summed E-state index contributed by atoms with van der Waals surface area (Å²) in [7, 11) is 0. The van der Waals surface area contributed by atoms with Crippen LogP contribution in [0.3, 0.4) is 0 Å². The van der Waals surface area contributed by atoms with Crippen molar-refractivity contribution in [2.24, 2.45) is 0 Å². The minimum absolute atomic E-state index is 0.809. The molecule has 1 aliphatic rings. The summed E-state index contributed by atoms with van der Waals surface area (Å²) >= 11 is 5.48. The predicted octanol–water partition coefficient (Wildman–Crippen LogP) is 2.73. The Morgan fingerprint density at radius 2 is 2.25 bits per heavy atom. The predicted molar refractivity (Wildman–Crippen MR) is 37.3 cm³/mol. The zero-order valence-electron chi connectivity index (χ0n) is 4.99. The lowest BCUT2D eigenvalue weighted by atomic mass is 10.3. The first kappa shape index (κ1) is 6.15. The Morgan fingerprint density at radius 3 is 2.75 bits per heavy atom. The molecule has 46 valence electrons. The Morgan fingerprint density at radius 1 is 1.50 bits per heavy atom. The summed E-state index contributed by atoms with van der Waals surface area (Å²) in [4.78, 5) is 0. The highest BCUT2D eigenvalue weighted by Crippen LogP contribution is 2.27. The molecule has 1 fully saturated rings. The minimum atomic E-state index is 0.809. The fourth-order valence-electron chi connectivity index (χ4n) is 0.660. The largest absolute Gasteiger partial charge is 0.127 e. The maximum atomic E-state index is 5.48. The van der Waals surface area contributed by atoms with E-state index in [0.29, 0.717) is 0 Å². The van der Waals surface area contributed by atoms with E-state index in [0.717, 1.165) is 12.3 Å². The van der Waals surface area contributed by atoms with Crippen LogP contribution in [0.1, 0.15) is 25.7 Å². The van der Waals surface area contributed by atoms with Gasteiger partial charge in [-0.15, -0.1) is 11.6 Å². The molecule has 0 aromatic rings. The lowest BCUT2D eigenvalue weighted by molar-refractivity contribution is 0.963. The van der Waals surface area contributed by atoms with Crippen LogP contribution in [0.5, 0.6) is 0 Å². The van der Waals surface area contributed by atoms with Crippen LogP contribution in [0.25, 0.3) is 0 Å². The second-order valence-electron chi connectivity index (χ2n) is 2.19. The van der Waals surface area contributed by atoms with E-state index >= 15 is 0 Å². The summed E-state index contributed by atoms with van der Waals surface area (Å²) in [6, 6.07) is 0. The molecule has 0 atom stereocenters. The van der Waals surface area contributed by atoms with E-state index in [-0.39, 0.29) is 0 Å². The Kier molecular flexibility index (Phi) is 2.41. The van der Waals surface area contributed by atoms with Gasteiger partial charge in [-0.25, -0.2) is 0 Å². The molecule has 8 heavy (non-hydrogen) atoms. The molecule has 0 aliphatic heterocycles. The van der Waals surface area contributed by atoms with Gasteiger partial charge in [-0.3, -0.25) is 0 Å². The molecule has 0 N–H and O–H groups in total. The molecule has 1 heteroatoms. The Balaban J connectivity index is 1.95. The fourth-order valence-corrected chi connectivity index (χ4v) is 0.814. The van der Waals surface area contributed by atoms with Gasteiger partial charge in [0.2, 0.25) is 0 Å². The summed E-state index contributed by atoms with van der Waals surface area (Å²) in [5, 5.41) is 0. The summed E-state index contributed by atoms with van der Waals surface area (Å²) in [5.41, 5.74) is 1.63. The van der Waals surface area contributed by atoms with Crippen molar-refractivity contribution in [3.8, 4) is 0 Å². The Hall–Kier alpha value is 0.0300. The van der Waals surface area contributed by atoms with E-state index < -0.39 is 0 Å². The number of hydrogen-bond acceptors (Lipinski definition) is 0. The van der Waals surface area contributed by atoms with E-state index in [1.54, 1.807) is 5.57 Å². The molecular formula is C7H11Cl. The quantitative estimate of drug-likeness (QED) is 0.313. The molecule has 0 aromatic carbocycles. The topological polar surface area (TPSA) is 0 Å². The third-order valence-electron chi connectivity index (χ3n) is 1.31. The van der Waals surface area contributed by atoms with Crippen LogP contribution in [0.2, 0.25) is 0 Å². The van der Waals surface area contributed by atoms with E-state index in [4.69, 9.17) is 11.6 Å². The smallest absolute Gasteiger partial charge is 0.0226 e. The number of alkyl halides is 1. The molecule has 0 spiro atoms. The van der Waals surface area contributed by atoms with Crippen LogP contribution in [0.4, 0.5) is 0 Å². The van der Waals surface area contributed by atoms with Crippen molar-refractivity contribution < 1.29 is 0 Å². The molecule has 1 saturated carbocycles. The Bertz CT molecular complexity index is 88.6. The van der Waals surface area contributed by atoms with E-state index in [1.807, 2.05) is 0 Å². The van der Waals surface area contributed by atoms with Gasteiger partial charge in [0.05, 0.1) is 0 Å².